The van der Waals surface area contributed by atoms with E-state index in [1.54, 1.807) is 0 Å². The minimum absolute atomic E-state index is 0.341. The Kier molecular flexibility index (Phi) is 7.72. The lowest BCUT2D eigenvalue weighted by molar-refractivity contribution is -0.152. The first-order valence-corrected chi connectivity index (χ1v) is 7.27. The highest BCUT2D eigenvalue weighted by Gasteiger charge is 2.47. The second-order valence-corrected chi connectivity index (χ2v) is 5.04. The number of Topliss-reactive ketones (excluding diaryl/α,β-unsaturated/α-hetero) is 1. The van der Waals surface area contributed by atoms with E-state index in [-0.39, 0.29) is 0 Å². The molecule has 0 aliphatic carbocycles. The van der Waals surface area contributed by atoms with E-state index >= 15 is 0 Å². The smallest absolute Gasteiger partial charge is 0.378 e. The van der Waals surface area contributed by atoms with Gasteiger partial charge in [0.2, 0.25) is 0 Å². The maximum atomic E-state index is 11.5. The van der Waals surface area contributed by atoms with Crippen molar-refractivity contribution in [3.63, 3.8) is 0 Å². The molecule has 0 saturated carbocycles. The predicted molar refractivity (Wildman–Crippen MR) is 71.1 cm³/mol. The zero-order valence-electron chi connectivity index (χ0n) is 11.9. The van der Waals surface area contributed by atoms with Gasteiger partial charge in [0.05, 0.1) is 6.61 Å². The van der Waals surface area contributed by atoms with E-state index in [0.29, 0.717) is 6.61 Å². The molecule has 1 heterocycles. The molecule has 1 aliphatic heterocycles. The Balaban J connectivity index is 2.29. The second kappa shape index (κ2) is 9.05. The quantitative estimate of drug-likeness (QED) is 0.347. The van der Waals surface area contributed by atoms with Crippen molar-refractivity contribution in [1.82, 2.24) is 0 Å². The summed E-state index contributed by atoms with van der Waals surface area (Å²) in [5.41, 5.74) is 0. The SMILES string of the molecule is CCCCCCCCOC1C(=O)C(=O)O[C@@H]1[C@@H](O)CO. The second-order valence-electron chi connectivity index (χ2n) is 5.04. The summed E-state index contributed by atoms with van der Waals surface area (Å²) in [4.78, 5) is 22.7. The van der Waals surface area contributed by atoms with E-state index in [9.17, 15) is 14.7 Å². The summed E-state index contributed by atoms with van der Waals surface area (Å²) in [5, 5.41) is 18.4. The third kappa shape index (κ3) is 4.85. The Morgan fingerprint density at radius 2 is 1.85 bits per heavy atom. The molecule has 1 fully saturated rings. The molecular weight excluding hydrogens is 264 g/mol. The van der Waals surface area contributed by atoms with Gasteiger partial charge in [-0.15, -0.1) is 0 Å². The summed E-state index contributed by atoms with van der Waals surface area (Å²) >= 11 is 0. The number of carbonyl (C=O) groups excluding carboxylic acids is 2. The van der Waals surface area contributed by atoms with Crippen LogP contribution in [0.2, 0.25) is 0 Å². The topological polar surface area (TPSA) is 93.1 Å². The van der Waals surface area contributed by atoms with E-state index < -0.39 is 36.7 Å². The van der Waals surface area contributed by atoms with Crippen molar-refractivity contribution in [2.24, 2.45) is 0 Å². The minimum atomic E-state index is -1.29. The molecule has 0 spiro atoms. The highest BCUT2D eigenvalue weighted by Crippen LogP contribution is 2.19. The average molecular weight is 288 g/mol. The molecule has 0 amide bonds. The Morgan fingerprint density at radius 1 is 1.20 bits per heavy atom. The highest BCUT2D eigenvalue weighted by molar-refractivity contribution is 6.37. The summed E-state index contributed by atoms with van der Waals surface area (Å²) < 4.78 is 10.1. The van der Waals surface area contributed by atoms with Crippen LogP contribution >= 0.6 is 0 Å². The van der Waals surface area contributed by atoms with Crippen LogP contribution in [-0.2, 0) is 19.1 Å². The predicted octanol–water partition coefficient (Wildman–Crippen LogP) is 0.580. The minimum Gasteiger partial charge on any atom is -0.450 e. The van der Waals surface area contributed by atoms with E-state index in [1.807, 2.05) is 0 Å². The van der Waals surface area contributed by atoms with Crippen LogP contribution in [-0.4, -0.2) is 53.5 Å². The standard InChI is InChI=1S/C14H24O6/c1-2-3-4-5-6-7-8-19-13-11(17)14(18)20-12(13)10(16)9-15/h10,12-13,15-16H,2-9H2,1H3/t10-,12+,13?/m0/s1. The van der Waals surface area contributed by atoms with Crippen molar-refractivity contribution in [2.45, 2.75) is 63.8 Å². The fourth-order valence-electron chi connectivity index (χ4n) is 2.16. The molecule has 6 heteroatoms. The third-order valence-corrected chi connectivity index (χ3v) is 3.36. The van der Waals surface area contributed by atoms with Crippen molar-refractivity contribution < 1.29 is 29.3 Å². The van der Waals surface area contributed by atoms with Crippen LogP contribution in [0.4, 0.5) is 0 Å². The number of ketones is 1. The number of aliphatic hydroxyl groups is 2. The molecule has 0 aromatic rings. The van der Waals surface area contributed by atoms with Gasteiger partial charge in [-0.05, 0) is 6.42 Å². The summed E-state index contributed by atoms with van der Waals surface area (Å²) in [5.74, 6) is -1.79. The summed E-state index contributed by atoms with van der Waals surface area (Å²) in [6.45, 7) is 1.91. The van der Waals surface area contributed by atoms with Gasteiger partial charge >= 0.3 is 5.97 Å². The van der Waals surface area contributed by atoms with Crippen LogP contribution in [0.15, 0.2) is 0 Å². The lowest BCUT2D eigenvalue weighted by Gasteiger charge is -2.20. The van der Waals surface area contributed by atoms with Gasteiger partial charge in [0.15, 0.2) is 12.2 Å². The van der Waals surface area contributed by atoms with Crippen LogP contribution in [0.5, 0.6) is 0 Å². The summed E-state index contributed by atoms with van der Waals surface area (Å²) in [7, 11) is 0. The first-order valence-electron chi connectivity index (χ1n) is 7.27. The number of hydrogen-bond acceptors (Lipinski definition) is 6. The zero-order valence-corrected chi connectivity index (χ0v) is 11.9. The first-order chi connectivity index (χ1) is 9.61. The van der Waals surface area contributed by atoms with Crippen molar-refractivity contribution in [3.8, 4) is 0 Å². The van der Waals surface area contributed by atoms with E-state index in [2.05, 4.69) is 6.92 Å². The van der Waals surface area contributed by atoms with Crippen molar-refractivity contribution >= 4 is 11.8 Å². The molecule has 1 unspecified atom stereocenters. The fourth-order valence-corrected chi connectivity index (χ4v) is 2.16. The number of ether oxygens (including phenoxy) is 2. The number of hydrogen-bond donors (Lipinski definition) is 2. The Bertz CT molecular complexity index is 317. The van der Waals surface area contributed by atoms with Gasteiger partial charge in [-0.2, -0.15) is 0 Å². The van der Waals surface area contributed by atoms with Gasteiger partial charge in [-0.25, -0.2) is 4.79 Å². The maximum Gasteiger partial charge on any atom is 0.378 e. The summed E-state index contributed by atoms with van der Waals surface area (Å²) in [6, 6.07) is 0. The van der Waals surface area contributed by atoms with Crippen molar-refractivity contribution in [1.29, 1.82) is 0 Å². The monoisotopic (exact) mass is 288 g/mol. The van der Waals surface area contributed by atoms with Crippen LogP contribution in [0.3, 0.4) is 0 Å². The molecule has 0 aromatic heterocycles. The molecule has 1 rings (SSSR count). The molecular formula is C14H24O6. The number of esters is 1. The van der Waals surface area contributed by atoms with E-state index in [4.69, 9.17) is 14.6 Å². The van der Waals surface area contributed by atoms with E-state index in [1.165, 1.54) is 19.3 Å². The van der Waals surface area contributed by atoms with E-state index in [0.717, 1.165) is 19.3 Å². The molecule has 2 N–H and O–H groups in total. The lowest BCUT2D eigenvalue weighted by atomic mass is 10.1. The van der Waals surface area contributed by atoms with Crippen LogP contribution in [0.1, 0.15) is 45.4 Å². The first kappa shape index (κ1) is 17.1. The molecule has 1 saturated heterocycles. The molecule has 0 aromatic carbocycles. The van der Waals surface area contributed by atoms with Crippen LogP contribution < -0.4 is 0 Å². The Morgan fingerprint density at radius 3 is 2.50 bits per heavy atom. The van der Waals surface area contributed by atoms with Gasteiger partial charge < -0.3 is 19.7 Å². The highest BCUT2D eigenvalue weighted by atomic mass is 16.6. The number of rotatable bonds is 10. The molecule has 3 atom stereocenters. The van der Waals surface area contributed by atoms with Crippen molar-refractivity contribution in [3.05, 3.63) is 0 Å². The normalized spacial score (nSPS) is 23.9. The largest absolute Gasteiger partial charge is 0.450 e. The zero-order chi connectivity index (χ0) is 15.0. The fraction of sp³-hybridized carbons (Fsp3) is 0.857. The van der Waals surface area contributed by atoms with Crippen LogP contribution in [0.25, 0.3) is 0 Å². The summed E-state index contributed by atoms with van der Waals surface area (Å²) in [6.07, 6.45) is 3.02. The number of carbonyl (C=O) groups is 2. The third-order valence-electron chi connectivity index (χ3n) is 3.36. The molecule has 1 aliphatic rings. The molecule has 20 heavy (non-hydrogen) atoms. The average Bonchev–Trinajstić information content (AvgIpc) is 2.73. The van der Waals surface area contributed by atoms with Crippen molar-refractivity contribution in [2.75, 3.05) is 13.2 Å². The number of cyclic esters (lactones) is 1. The van der Waals surface area contributed by atoms with Crippen LogP contribution in [0, 0.1) is 0 Å². The maximum absolute atomic E-state index is 11.5. The van der Waals surface area contributed by atoms with Gasteiger partial charge in [0, 0.05) is 6.61 Å². The van der Waals surface area contributed by atoms with Gasteiger partial charge in [-0.1, -0.05) is 39.0 Å². The molecule has 116 valence electrons. The van der Waals surface area contributed by atoms with Gasteiger partial charge in [0.25, 0.3) is 5.78 Å². The Hall–Kier alpha value is -0.980. The molecule has 0 radical (unpaired) electrons. The number of aliphatic hydroxyl groups excluding tert-OH is 2. The van der Waals surface area contributed by atoms with Gasteiger partial charge in [-0.3, -0.25) is 4.79 Å². The molecule has 0 bridgehead atoms. The lowest BCUT2D eigenvalue weighted by Crippen LogP contribution is -2.41. The van der Waals surface area contributed by atoms with Gasteiger partial charge in [0.1, 0.15) is 6.10 Å². The number of unbranched alkanes of at least 4 members (excludes halogenated alkanes) is 5. The molecule has 6 nitrogen and oxygen atoms in total. The Labute approximate surface area is 119 Å².